The number of hydrogen-bond acceptors (Lipinski definition) is 5. The van der Waals surface area contributed by atoms with Crippen molar-refractivity contribution in [2.75, 3.05) is 5.32 Å². The second-order valence-corrected chi connectivity index (χ2v) is 8.13. The van der Waals surface area contributed by atoms with Gasteiger partial charge in [-0.15, -0.1) is 11.3 Å². The second kappa shape index (κ2) is 7.24. The topological polar surface area (TPSA) is 102 Å². The van der Waals surface area contributed by atoms with Gasteiger partial charge in [-0.2, -0.15) is 0 Å². The number of carbonyl (C=O) groups is 2. The fourth-order valence-electron chi connectivity index (χ4n) is 3.74. The van der Waals surface area contributed by atoms with Gasteiger partial charge in [0.25, 0.3) is 11.8 Å². The van der Waals surface area contributed by atoms with Gasteiger partial charge in [-0.25, -0.2) is 4.79 Å². The zero-order chi connectivity index (χ0) is 19.8. The van der Waals surface area contributed by atoms with E-state index in [0.29, 0.717) is 27.5 Å². The highest BCUT2D eigenvalue weighted by molar-refractivity contribution is 7.17. The number of para-hydroxylation sites is 1. The number of rotatable bonds is 4. The van der Waals surface area contributed by atoms with Crippen LogP contribution < -0.4 is 16.7 Å². The van der Waals surface area contributed by atoms with E-state index in [-0.39, 0.29) is 5.56 Å². The molecular weight excluding hydrogens is 376 g/mol. The Labute approximate surface area is 165 Å². The molecule has 0 radical (unpaired) electrons. The third-order valence-corrected chi connectivity index (χ3v) is 6.47. The van der Waals surface area contributed by atoms with Gasteiger partial charge >= 0.3 is 5.63 Å². The molecule has 1 aliphatic rings. The number of amides is 2. The van der Waals surface area contributed by atoms with Crippen LogP contribution in [0.1, 0.15) is 50.9 Å². The van der Waals surface area contributed by atoms with Crippen molar-refractivity contribution in [2.45, 2.75) is 32.6 Å². The van der Waals surface area contributed by atoms with Gasteiger partial charge in [0.2, 0.25) is 0 Å². The number of nitrogens with two attached hydrogens (primary N) is 1. The molecule has 4 rings (SSSR count). The van der Waals surface area contributed by atoms with Crippen LogP contribution in [0.4, 0.5) is 5.00 Å². The molecule has 2 heterocycles. The minimum absolute atomic E-state index is 0.105. The molecule has 0 spiro atoms. The molecule has 28 heavy (non-hydrogen) atoms. The van der Waals surface area contributed by atoms with Gasteiger partial charge in [-0.1, -0.05) is 31.5 Å². The van der Waals surface area contributed by atoms with Crippen molar-refractivity contribution in [1.29, 1.82) is 0 Å². The number of anilines is 1. The van der Waals surface area contributed by atoms with E-state index < -0.39 is 17.4 Å². The lowest BCUT2D eigenvalue weighted by Crippen LogP contribution is -2.23. The largest absolute Gasteiger partial charge is 0.422 e. The smallest absolute Gasteiger partial charge is 0.349 e. The molecular formula is C21H20N2O4S. The van der Waals surface area contributed by atoms with Crippen molar-refractivity contribution in [1.82, 2.24) is 0 Å². The third-order valence-electron chi connectivity index (χ3n) is 5.30. The molecule has 1 aromatic carbocycles. The lowest BCUT2D eigenvalue weighted by molar-refractivity contribution is 0.1000. The van der Waals surface area contributed by atoms with Crippen LogP contribution in [-0.4, -0.2) is 11.8 Å². The van der Waals surface area contributed by atoms with Crippen LogP contribution in [0.3, 0.4) is 0 Å². The van der Waals surface area contributed by atoms with Crippen LogP contribution in [0.5, 0.6) is 0 Å². The van der Waals surface area contributed by atoms with Gasteiger partial charge in [-0.05, 0) is 42.9 Å². The molecule has 1 unspecified atom stereocenters. The molecule has 2 amide bonds. The van der Waals surface area contributed by atoms with E-state index in [4.69, 9.17) is 10.2 Å². The summed E-state index contributed by atoms with van der Waals surface area (Å²) >= 11 is 1.38. The molecule has 0 fully saturated rings. The Morgan fingerprint density at radius 3 is 2.86 bits per heavy atom. The Kier molecular flexibility index (Phi) is 4.77. The lowest BCUT2D eigenvalue weighted by Gasteiger charge is -2.20. The Balaban J connectivity index is 1.70. The van der Waals surface area contributed by atoms with Crippen molar-refractivity contribution in [3.05, 3.63) is 62.3 Å². The molecule has 0 saturated heterocycles. The second-order valence-electron chi connectivity index (χ2n) is 7.03. The minimum atomic E-state index is -0.718. The molecule has 6 nitrogen and oxygen atoms in total. The fourth-order valence-corrected chi connectivity index (χ4v) is 5.10. The third kappa shape index (κ3) is 3.22. The van der Waals surface area contributed by atoms with Gasteiger partial charge in [0, 0.05) is 10.3 Å². The number of primary amides is 1. The van der Waals surface area contributed by atoms with E-state index >= 15 is 0 Å². The highest BCUT2D eigenvalue weighted by Crippen LogP contribution is 2.40. The number of benzene rings is 1. The van der Waals surface area contributed by atoms with E-state index in [1.807, 2.05) is 0 Å². The number of hydrogen-bond donors (Lipinski definition) is 2. The first-order valence-electron chi connectivity index (χ1n) is 9.26. The summed E-state index contributed by atoms with van der Waals surface area (Å²) in [5, 5.41) is 3.78. The number of fused-ring (bicyclic) bond motifs is 2. The maximum Gasteiger partial charge on any atom is 0.349 e. The standard InChI is InChI=1S/C21H20N2O4S/c1-2-11-7-8-13-16(9-11)28-20(17(13)18(22)24)23-19(25)14-10-12-5-3-4-6-15(12)27-21(14)26/h3-6,10-11H,2,7-9H2,1H3,(H2,22,24)(H,23,25). The number of thiophene rings is 1. The zero-order valence-electron chi connectivity index (χ0n) is 15.4. The summed E-state index contributed by atoms with van der Waals surface area (Å²) in [4.78, 5) is 38.2. The Morgan fingerprint density at radius 2 is 2.11 bits per heavy atom. The summed E-state index contributed by atoms with van der Waals surface area (Å²) in [7, 11) is 0. The van der Waals surface area contributed by atoms with Crippen molar-refractivity contribution >= 4 is 39.1 Å². The van der Waals surface area contributed by atoms with Crippen LogP contribution in [0, 0.1) is 5.92 Å². The molecule has 2 aromatic heterocycles. The molecule has 7 heteroatoms. The van der Waals surface area contributed by atoms with Crippen molar-refractivity contribution < 1.29 is 14.0 Å². The summed E-state index contributed by atoms with van der Waals surface area (Å²) in [5.41, 5.74) is 6.50. The number of carbonyl (C=O) groups excluding carboxylic acids is 2. The normalized spacial score (nSPS) is 16.0. The molecule has 0 bridgehead atoms. The highest BCUT2D eigenvalue weighted by atomic mass is 32.1. The van der Waals surface area contributed by atoms with Crippen molar-refractivity contribution in [2.24, 2.45) is 11.7 Å². The summed E-state index contributed by atoms with van der Waals surface area (Å²) in [5.74, 6) is -0.594. The lowest BCUT2D eigenvalue weighted by atomic mass is 9.85. The zero-order valence-corrected chi connectivity index (χ0v) is 16.2. The van der Waals surface area contributed by atoms with Gasteiger partial charge in [0.05, 0.1) is 5.56 Å². The first kappa shape index (κ1) is 18.4. The predicted octanol–water partition coefficient (Wildman–Crippen LogP) is 3.72. The van der Waals surface area contributed by atoms with E-state index in [1.54, 1.807) is 24.3 Å². The van der Waals surface area contributed by atoms with Crippen LogP contribution in [0.25, 0.3) is 11.0 Å². The first-order valence-corrected chi connectivity index (χ1v) is 10.1. The fraction of sp³-hybridized carbons (Fsp3) is 0.286. The monoisotopic (exact) mass is 396 g/mol. The van der Waals surface area contributed by atoms with E-state index in [0.717, 1.165) is 36.1 Å². The summed E-state index contributed by atoms with van der Waals surface area (Å²) in [6.45, 7) is 2.15. The SMILES string of the molecule is CCC1CCc2c(sc(NC(=O)c3cc4ccccc4oc3=O)c2C(N)=O)C1. The molecule has 1 atom stereocenters. The Morgan fingerprint density at radius 1 is 1.32 bits per heavy atom. The summed E-state index contributed by atoms with van der Waals surface area (Å²) < 4.78 is 5.23. The molecule has 3 N–H and O–H groups in total. The van der Waals surface area contributed by atoms with Gasteiger partial charge in [0.15, 0.2) is 0 Å². The van der Waals surface area contributed by atoms with Crippen LogP contribution >= 0.6 is 11.3 Å². The molecule has 3 aromatic rings. The van der Waals surface area contributed by atoms with E-state index in [9.17, 15) is 14.4 Å². The van der Waals surface area contributed by atoms with E-state index in [1.165, 1.54) is 17.4 Å². The maximum absolute atomic E-state index is 12.8. The summed E-state index contributed by atoms with van der Waals surface area (Å²) in [6.07, 6.45) is 3.73. The number of nitrogens with one attached hydrogen (secondary N) is 1. The van der Waals surface area contributed by atoms with Crippen molar-refractivity contribution in [3.63, 3.8) is 0 Å². The van der Waals surface area contributed by atoms with Gasteiger partial charge < -0.3 is 15.5 Å². The molecule has 144 valence electrons. The summed E-state index contributed by atoms with van der Waals surface area (Å²) in [6, 6.07) is 8.48. The quantitative estimate of drug-likeness (QED) is 0.656. The average Bonchev–Trinajstić information content (AvgIpc) is 3.04. The molecule has 1 aliphatic carbocycles. The molecule has 0 saturated carbocycles. The Hall–Kier alpha value is -2.93. The van der Waals surface area contributed by atoms with Gasteiger partial charge in [-0.3, -0.25) is 9.59 Å². The van der Waals surface area contributed by atoms with Crippen LogP contribution in [0.15, 0.2) is 39.5 Å². The maximum atomic E-state index is 12.8. The molecule has 0 aliphatic heterocycles. The van der Waals surface area contributed by atoms with Crippen molar-refractivity contribution in [3.8, 4) is 0 Å². The van der Waals surface area contributed by atoms with Crippen LogP contribution in [0.2, 0.25) is 0 Å². The average molecular weight is 396 g/mol. The van der Waals surface area contributed by atoms with E-state index in [2.05, 4.69) is 12.2 Å². The first-order chi connectivity index (χ1) is 13.5. The minimum Gasteiger partial charge on any atom is -0.422 e. The van der Waals surface area contributed by atoms with Crippen LogP contribution in [-0.2, 0) is 12.8 Å². The predicted molar refractivity (Wildman–Crippen MR) is 109 cm³/mol. The highest BCUT2D eigenvalue weighted by Gasteiger charge is 2.28. The Bertz CT molecular complexity index is 1150. The van der Waals surface area contributed by atoms with Gasteiger partial charge in [0.1, 0.15) is 16.1 Å².